The molecule has 1 aliphatic heterocycles. The number of rotatable bonds is 6. The topological polar surface area (TPSA) is 52.6 Å². The van der Waals surface area contributed by atoms with Crippen molar-refractivity contribution in [1.82, 2.24) is 4.90 Å². The van der Waals surface area contributed by atoms with Crippen LogP contribution in [0.4, 0.5) is 18.9 Å². The van der Waals surface area contributed by atoms with Gasteiger partial charge in [0.25, 0.3) is 5.91 Å². The number of benzene rings is 3. The molecule has 0 saturated carbocycles. The minimum atomic E-state index is -4.41. The number of anilines is 1. The highest BCUT2D eigenvalue weighted by Crippen LogP contribution is 2.32. The highest BCUT2D eigenvalue weighted by atomic mass is 19.4. The van der Waals surface area contributed by atoms with E-state index in [9.17, 15) is 18.0 Å². The molecule has 0 aliphatic carbocycles. The number of fused-ring (bicyclic) bond motifs is 1. The molecule has 3 aromatic rings. The number of aliphatic hydroxyl groups excluding tert-OH is 1. The largest absolute Gasteiger partial charge is 0.416 e. The van der Waals surface area contributed by atoms with Crippen LogP contribution in [0.5, 0.6) is 0 Å². The van der Waals surface area contributed by atoms with Crippen molar-refractivity contribution in [2.24, 2.45) is 0 Å². The lowest BCUT2D eigenvalue weighted by Crippen LogP contribution is -2.31. The van der Waals surface area contributed by atoms with Crippen molar-refractivity contribution >= 4 is 11.6 Å². The van der Waals surface area contributed by atoms with Crippen molar-refractivity contribution in [1.29, 1.82) is 0 Å². The molecule has 0 bridgehead atoms. The van der Waals surface area contributed by atoms with E-state index in [4.69, 9.17) is 5.11 Å². The first-order chi connectivity index (χ1) is 15.8. The highest BCUT2D eigenvalue weighted by Gasteiger charge is 2.30. The van der Waals surface area contributed by atoms with Crippen LogP contribution in [0.3, 0.4) is 0 Å². The van der Waals surface area contributed by atoms with E-state index in [1.54, 1.807) is 24.3 Å². The molecule has 2 N–H and O–H groups in total. The summed E-state index contributed by atoms with van der Waals surface area (Å²) in [6, 6.07) is 17.6. The zero-order valence-corrected chi connectivity index (χ0v) is 18.0. The van der Waals surface area contributed by atoms with Gasteiger partial charge in [-0.25, -0.2) is 0 Å². The second-order valence-corrected chi connectivity index (χ2v) is 8.16. The van der Waals surface area contributed by atoms with E-state index in [0.29, 0.717) is 22.4 Å². The van der Waals surface area contributed by atoms with Crippen molar-refractivity contribution in [2.45, 2.75) is 25.6 Å². The van der Waals surface area contributed by atoms with Gasteiger partial charge in [0.15, 0.2) is 0 Å². The third-order valence-electron chi connectivity index (χ3n) is 5.88. The first-order valence-electron chi connectivity index (χ1n) is 10.9. The summed E-state index contributed by atoms with van der Waals surface area (Å²) in [5.41, 5.74) is 3.86. The van der Waals surface area contributed by atoms with E-state index in [-0.39, 0.29) is 12.5 Å². The molecule has 4 rings (SSSR count). The summed E-state index contributed by atoms with van der Waals surface area (Å²) in [4.78, 5) is 15.4. The Hall–Kier alpha value is -3.16. The monoisotopic (exact) mass is 454 g/mol. The van der Waals surface area contributed by atoms with Crippen LogP contribution in [-0.2, 0) is 19.1 Å². The lowest BCUT2D eigenvalue weighted by molar-refractivity contribution is -0.137. The molecule has 0 unspecified atom stereocenters. The minimum absolute atomic E-state index is 0.183. The SMILES string of the molecule is O=C(Nc1ccc2c(c1)CCN(CCCO)C2)c1ccccc1-c1ccc(C(F)(F)F)cc1. The number of halogens is 3. The molecular weight excluding hydrogens is 429 g/mol. The molecule has 4 nitrogen and oxygen atoms in total. The summed E-state index contributed by atoms with van der Waals surface area (Å²) in [5.74, 6) is -0.314. The maximum absolute atomic E-state index is 13.0. The summed E-state index contributed by atoms with van der Waals surface area (Å²) in [5, 5.41) is 12.0. The molecule has 0 spiro atoms. The van der Waals surface area contributed by atoms with Crippen LogP contribution < -0.4 is 5.32 Å². The van der Waals surface area contributed by atoms with E-state index >= 15 is 0 Å². The van der Waals surface area contributed by atoms with Crippen LogP contribution in [-0.4, -0.2) is 35.6 Å². The smallest absolute Gasteiger partial charge is 0.396 e. The molecule has 3 aromatic carbocycles. The quantitative estimate of drug-likeness (QED) is 0.527. The number of carbonyl (C=O) groups is 1. The summed E-state index contributed by atoms with van der Waals surface area (Å²) in [6.45, 7) is 2.76. The van der Waals surface area contributed by atoms with Crippen LogP contribution in [0.25, 0.3) is 11.1 Å². The van der Waals surface area contributed by atoms with E-state index in [2.05, 4.69) is 10.2 Å². The molecule has 0 saturated heterocycles. The Bertz CT molecular complexity index is 1130. The Labute approximate surface area is 190 Å². The molecule has 0 fully saturated rings. The Morgan fingerprint density at radius 1 is 1.00 bits per heavy atom. The molecule has 1 heterocycles. The maximum atomic E-state index is 13.0. The van der Waals surface area contributed by atoms with Crippen molar-refractivity contribution in [3.63, 3.8) is 0 Å². The lowest BCUT2D eigenvalue weighted by atomic mass is 9.97. The van der Waals surface area contributed by atoms with Gasteiger partial charge in [-0.3, -0.25) is 9.69 Å². The number of alkyl halides is 3. The second-order valence-electron chi connectivity index (χ2n) is 8.16. The number of carbonyl (C=O) groups excluding carboxylic acids is 1. The van der Waals surface area contributed by atoms with E-state index in [1.807, 2.05) is 18.2 Å². The Kier molecular flexibility index (Phi) is 6.81. The van der Waals surface area contributed by atoms with E-state index in [0.717, 1.165) is 44.6 Å². The van der Waals surface area contributed by atoms with Crippen LogP contribution in [0.1, 0.15) is 33.5 Å². The van der Waals surface area contributed by atoms with Crippen LogP contribution in [0, 0.1) is 0 Å². The zero-order chi connectivity index (χ0) is 23.4. The predicted octanol–water partition coefficient (Wildman–Crippen LogP) is 5.37. The molecule has 0 aromatic heterocycles. The Morgan fingerprint density at radius 3 is 2.48 bits per heavy atom. The molecule has 0 atom stereocenters. The van der Waals surface area contributed by atoms with Gasteiger partial charge in [0.05, 0.1) is 5.56 Å². The molecule has 1 amide bonds. The van der Waals surface area contributed by atoms with Gasteiger partial charge in [0, 0.05) is 37.5 Å². The van der Waals surface area contributed by atoms with Crippen molar-refractivity contribution in [3.05, 3.63) is 89.0 Å². The first kappa shape index (κ1) is 23.0. The van der Waals surface area contributed by atoms with Gasteiger partial charge in [-0.15, -0.1) is 0 Å². The first-order valence-corrected chi connectivity index (χ1v) is 10.9. The van der Waals surface area contributed by atoms with Gasteiger partial charge in [0.2, 0.25) is 0 Å². The fraction of sp³-hybridized carbons (Fsp3) is 0.269. The van der Waals surface area contributed by atoms with Gasteiger partial charge in [-0.1, -0.05) is 36.4 Å². The zero-order valence-electron chi connectivity index (χ0n) is 18.0. The predicted molar refractivity (Wildman–Crippen MR) is 122 cm³/mol. The van der Waals surface area contributed by atoms with Gasteiger partial charge in [-0.05, 0) is 65.4 Å². The highest BCUT2D eigenvalue weighted by molar-refractivity contribution is 6.08. The summed E-state index contributed by atoms with van der Waals surface area (Å²) >= 11 is 0. The fourth-order valence-corrected chi connectivity index (χ4v) is 4.14. The normalized spacial score (nSPS) is 14.1. The fourth-order valence-electron chi connectivity index (χ4n) is 4.14. The third-order valence-corrected chi connectivity index (χ3v) is 5.88. The number of amides is 1. The number of hydrogen-bond acceptors (Lipinski definition) is 3. The van der Waals surface area contributed by atoms with E-state index < -0.39 is 11.7 Å². The summed E-state index contributed by atoms with van der Waals surface area (Å²) in [6.07, 6.45) is -2.79. The van der Waals surface area contributed by atoms with Gasteiger partial charge < -0.3 is 10.4 Å². The molecule has 172 valence electrons. The lowest BCUT2D eigenvalue weighted by Gasteiger charge is -2.28. The Morgan fingerprint density at radius 2 is 1.76 bits per heavy atom. The standard InChI is InChI=1S/C26H25F3N2O2/c27-26(28,29)21-9-6-18(7-10-21)23-4-1-2-5-24(23)25(33)30-22-11-8-20-17-31(13-3-15-32)14-12-19(20)16-22/h1-2,4-11,16,32H,3,12-15,17H2,(H,30,33). The second kappa shape index (κ2) is 9.77. The number of hydrogen-bond donors (Lipinski definition) is 2. The molecule has 1 aliphatic rings. The van der Waals surface area contributed by atoms with Crippen LogP contribution >= 0.6 is 0 Å². The summed E-state index contributed by atoms with van der Waals surface area (Å²) < 4.78 is 38.7. The molecule has 0 radical (unpaired) electrons. The van der Waals surface area contributed by atoms with Gasteiger partial charge in [-0.2, -0.15) is 13.2 Å². The minimum Gasteiger partial charge on any atom is -0.396 e. The Balaban J connectivity index is 1.51. The van der Waals surface area contributed by atoms with Gasteiger partial charge in [0.1, 0.15) is 0 Å². The average molecular weight is 454 g/mol. The van der Waals surface area contributed by atoms with Crippen molar-refractivity contribution < 1.29 is 23.1 Å². The van der Waals surface area contributed by atoms with Crippen molar-refractivity contribution in [3.8, 4) is 11.1 Å². The third kappa shape index (κ3) is 5.43. The summed E-state index contributed by atoms with van der Waals surface area (Å²) in [7, 11) is 0. The van der Waals surface area contributed by atoms with Crippen LogP contribution in [0.15, 0.2) is 66.7 Å². The molecule has 7 heteroatoms. The van der Waals surface area contributed by atoms with Crippen molar-refractivity contribution in [2.75, 3.05) is 25.0 Å². The molecular formula is C26H25F3N2O2. The van der Waals surface area contributed by atoms with Crippen LogP contribution in [0.2, 0.25) is 0 Å². The number of aliphatic hydroxyl groups is 1. The molecule has 33 heavy (non-hydrogen) atoms. The maximum Gasteiger partial charge on any atom is 0.416 e. The average Bonchev–Trinajstić information content (AvgIpc) is 2.82. The number of nitrogens with one attached hydrogen (secondary N) is 1. The number of nitrogens with zero attached hydrogens (tertiary/aromatic N) is 1. The van der Waals surface area contributed by atoms with E-state index in [1.165, 1.54) is 23.3 Å². The van der Waals surface area contributed by atoms with Gasteiger partial charge >= 0.3 is 6.18 Å².